The first-order valence-electron chi connectivity index (χ1n) is 6.04. The third-order valence-electron chi connectivity index (χ3n) is 2.71. The Morgan fingerprint density at radius 1 is 1.22 bits per heavy atom. The molecule has 0 unspecified atom stereocenters. The summed E-state index contributed by atoms with van der Waals surface area (Å²) in [4.78, 5) is 11.4. The van der Waals surface area contributed by atoms with E-state index >= 15 is 0 Å². The molecule has 0 aliphatic heterocycles. The molecule has 0 fully saturated rings. The van der Waals surface area contributed by atoms with Crippen molar-refractivity contribution in [2.45, 2.75) is 19.3 Å². The number of ether oxygens (including phenoxy) is 2. The van der Waals surface area contributed by atoms with E-state index < -0.39 is 0 Å². The quantitative estimate of drug-likeness (QED) is 0.785. The molecular weight excluding hydrogens is 250 g/mol. The maximum atomic E-state index is 11.4. The molecule has 2 aromatic rings. The van der Waals surface area contributed by atoms with Gasteiger partial charge < -0.3 is 9.47 Å². The van der Waals surface area contributed by atoms with Gasteiger partial charge in [0.25, 0.3) is 5.56 Å². The number of rotatable bonds is 7. The van der Waals surface area contributed by atoms with E-state index in [0.29, 0.717) is 6.61 Å². The van der Waals surface area contributed by atoms with Crippen LogP contribution in [-0.2, 0) is 4.74 Å². The normalized spacial score (nSPS) is 10.9. The molecule has 0 saturated heterocycles. The third-order valence-corrected chi connectivity index (χ3v) is 3.56. The van der Waals surface area contributed by atoms with Gasteiger partial charge in [-0.15, -0.1) is 0 Å². The molecule has 0 spiro atoms. The summed E-state index contributed by atoms with van der Waals surface area (Å²) in [6.45, 7) is 1.51. The molecule has 98 valence electrons. The molecule has 0 bridgehead atoms. The topological polar surface area (TPSA) is 51.3 Å². The smallest absolute Gasteiger partial charge is 0.265 e. The number of nitrogens with one attached hydrogen (secondary N) is 1. The molecule has 0 radical (unpaired) electrons. The Hall–Kier alpha value is -1.33. The fourth-order valence-electron chi connectivity index (χ4n) is 1.74. The zero-order chi connectivity index (χ0) is 12.8. The number of hydrogen-bond acceptors (Lipinski definition) is 4. The standard InChI is InChI=1S/C13H17NO3S/c1-16-7-3-2-4-8-17-10-5-6-11-12(9-10)18-14-13(11)15/h5-6,9H,2-4,7-8H2,1H3,(H,14,15). The Morgan fingerprint density at radius 2 is 2.06 bits per heavy atom. The molecular formula is C13H17NO3S. The summed E-state index contributed by atoms with van der Waals surface area (Å²) < 4.78 is 14.3. The van der Waals surface area contributed by atoms with Gasteiger partial charge in [0.1, 0.15) is 5.75 Å². The molecule has 0 aliphatic carbocycles. The SMILES string of the molecule is COCCCCCOc1ccc2c(=O)[nH]sc2c1. The van der Waals surface area contributed by atoms with Crippen LogP contribution < -0.4 is 10.3 Å². The van der Waals surface area contributed by atoms with Crippen molar-refractivity contribution in [3.8, 4) is 5.75 Å². The molecule has 1 aromatic carbocycles. The Morgan fingerprint density at radius 3 is 2.89 bits per heavy atom. The van der Waals surface area contributed by atoms with Crippen molar-refractivity contribution in [2.24, 2.45) is 0 Å². The Bertz CT molecular complexity index is 546. The van der Waals surface area contributed by atoms with Crippen molar-refractivity contribution in [3.05, 3.63) is 28.6 Å². The number of methoxy groups -OCH3 is 1. The molecule has 18 heavy (non-hydrogen) atoms. The van der Waals surface area contributed by atoms with Gasteiger partial charge in [-0.2, -0.15) is 0 Å². The van der Waals surface area contributed by atoms with Crippen LogP contribution in [0.25, 0.3) is 10.1 Å². The van der Waals surface area contributed by atoms with Crippen LogP contribution in [0.3, 0.4) is 0 Å². The molecule has 1 N–H and O–H groups in total. The highest BCUT2D eigenvalue weighted by Gasteiger charge is 2.02. The highest BCUT2D eigenvalue weighted by atomic mass is 32.1. The van der Waals surface area contributed by atoms with E-state index in [2.05, 4.69) is 4.37 Å². The third kappa shape index (κ3) is 3.34. The maximum Gasteiger partial charge on any atom is 0.265 e. The Balaban J connectivity index is 1.83. The van der Waals surface area contributed by atoms with Crippen molar-refractivity contribution >= 4 is 21.6 Å². The van der Waals surface area contributed by atoms with Gasteiger partial charge in [0, 0.05) is 13.7 Å². The summed E-state index contributed by atoms with van der Waals surface area (Å²) in [5.74, 6) is 0.824. The highest BCUT2D eigenvalue weighted by molar-refractivity contribution is 7.13. The molecule has 5 heteroatoms. The lowest BCUT2D eigenvalue weighted by molar-refractivity contribution is 0.189. The van der Waals surface area contributed by atoms with E-state index in [1.54, 1.807) is 7.11 Å². The monoisotopic (exact) mass is 267 g/mol. The average molecular weight is 267 g/mol. The minimum Gasteiger partial charge on any atom is -0.494 e. The van der Waals surface area contributed by atoms with Crippen molar-refractivity contribution < 1.29 is 9.47 Å². The first kappa shape index (κ1) is 13.1. The number of aromatic nitrogens is 1. The highest BCUT2D eigenvalue weighted by Crippen LogP contribution is 2.21. The maximum absolute atomic E-state index is 11.4. The van der Waals surface area contributed by atoms with Gasteiger partial charge in [-0.1, -0.05) is 11.5 Å². The van der Waals surface area contributed by atoms with Gasteiger partial charge in [0.2, 0.25) is 0 Å². The molecule has 4 nitrogen and oxygen atoms in total. The fraction of sp³-hybridized carbons (Fsp3) is 0.462. The second-order valence-corrected chi connectivity index (χ2v) is 4.94. The second kappa shape index (κ2) is 6.56. The van der Waals surface area contributed by atoms with E-state index in [1.807, 2.05) is 18.2 Å². The summed E-state index contributed by atoms with van der Waals surface area (Å²) in [5, 5.41) is 0.729. The number of unbranched alkanes of at least 4 members (excludes halogenated alkanes) is 2. The summed E-state index contributed by atoms with van der Waals surface area (Å²) >= 11 is 1.34. The van der Waals surface area contributed by atoms with Crippen LogP contribution in [0.15, 0.2) is 23.0 Å². The van der Waals surface area contributed by atoms with Gasteiger partial charge in [0.05, 0.1) is 16.7 Å². The minimum absolute atomic E-state index is 0.0267. The van der Waals surface area contributed by atoms with Gasteiger partial charge in [-0.25, -0.2) is 0 Å². The van der Waals surface area contributed by atoms with E-state index in [9.17, 15) is 4.79 Å². The molecule has 0 atom stereocenters. The zero-order valence-electron chi connectivity index (χ0n) is 10.4. The lowest BCUT2D eigenvalue weighted by Crippen LogP contribution is -1.99. The lowest BCUT2D eigenvalue weighted by atomic mass is 10.2. The van der Waals surface area contributed by atoms with Crippen LogP contribution in [0.1, 0.15) is 19.3 Å². The largest absolute Gasteiger partial charge is 0.494 e. The first-order valence-corrected chi connectivity index (χ1v) is 6.86. The van der Waals surface area contributed by atoms with Crippen molar-refractivity contribution in [1.29, 1.82) is 0 Å². The van der Waals surface area contributed by atoms with Crippen LogP contribution in [0.5, 0.6) is 5.75 Å². The van der Waals surface area contributed by atoms with Crippen molar-refractivity contribution in [1.82, 2.24) is 4.37 Å². The van der Waals surface area contributed by atoms with Crippen LogP contribution in [0, 0.1) is 0 Å². The molecule has 1 aromatic heterocycles. The van der Waals surface area contributed by atoms with Crippen LogP contribution >= 0.6 is 11.5 Å². The van der Waals surface area contributed by atoms with E-state index in [1.165, 1.54) is 11.5 Å². The summed E-state index contributed by atoms with van der Waals surface area (Å²) in [7, 11) is 1.72. The summed E-state index contributed by atoms with van der Waals surface area (Å²) in [6.07, 6.45) is 3.19. The molecule has 2 rings (SSSR count). The second-order valence-electron chi connectivity index (χ2n) is 4.09. The van der Waals surface area contributed by atoms with Gasteiger partial charge >= 0.3 is 0 Å². The number of aromatic amines is 1. The summed E-state index contributed by atoms with van der Waals surface area (Å²) in [6, 6.07) is 5.57. The minimum atomic E-state index is -0.0267. The number of hydrogen-bond donors (Lipinski definition) is 1. The zero-order valence-corrected chi connectivity index (χ0v) is 11.2. The number of fused-ring (bicyclic) bond motifs is 1. The van der Waals surface area contributed by atoms with Gasteiger partial charge in [0.15, 0.2) is 0 Å². The first-order chi connectivity index (χ1) is 8.81. The van der Waals surface area contributed by atoms with Gasteiger partial charge in [-0.3, -0.25) is 9.17 Å². The number of benzene rings is 1. The Kier molecular flexibility index (Phi) is 4.78. The van der Waals surface area contributed by atoms with Gasteiger partial charge in [-0.05, 0) is 37.5 Å². The van der Waals surface area contributed by atoms with Crippen LogP contribution in [0.2, 0.25) is 0 Å². The van der Waals surface area contributed by atoms with E-state index in [0.717, 1.165) is 41.7 Å². The lowest BCUT2D eigenvalue weighted by Gasteiger charge is -2.05. The fourth-order valence-corrected chi connectivity index (χ4v) is 2.49. The molecule has 0 amide bonds. The van der Waals surface area contributed by atoms with Crippen molar-refractivity contribution in [2.75, 3.05) is 20.3 Å². The van der Waals surface area contributed by atoms with E-state index in [4.69, 9.17) is 9.47 Å². The predicted octanol–water partition coefficient (Wildman–Crippen LogP) is 2.79. The Labute approximate surface area is 110 Å². The number of H-pyrrole nitrogens is 1. The van der Waals surface area contributed by atoms with Crippen LogP contribution in [0.4, 0.5) is 0 Å². The predicted molar refractivity (Wildman–Crippen MR) is 73.7 cm³/mol. The van der Waals surface area contributed by atoms with Crippen LogP contribution in [-0.4, -0.2) is 24.7 Å². The van der Waals surface area contributed by atoms with Crippen molar-refractivity contribution in [3.63, 3.8) is 0 Å². The summed E-state index contributed by atoms with van der Waals surface area (Å²) in [5.41, 5.74) is -0.0267. The molecule has 0 aliphatic rings. The molecule has 0 saturated carbocycles. The van der Waals surface area contributed by atoms with E-state index in [-0.39, 0.29) is 5.56 Å². The average Bonchev–Trinajstić information content (AvgIpc) is 2.75. The molecule has 1 heterocycles.